The highest BCUT2D eigenvalue weighted by atomic mass is 35.5. The Labute approximate surface area is 199 Å². The van der Waals surface area contributed by atoms with Crippen LogP contribution in [0, 0.1) is 5.92 Å². The average Bonchev–Trinajstić information content (AvgIpc) is 3.03. The normalized spacial score (nSPS) is 20.4. The first-order chi connectivity index (χ1) is 16.2. The Bertz CT molecular complexity index is 1480. The highest BCUT2D eigenvalue weighted by Gasteiger charge is 2.51. The Morgan fingerprint density at radius 1 is 1.09 bits per heavy atom. The second-order valence-corrected chi connectivity index (χ2v) is 9.02. The van der Waals surface area contributed by atoms with E-state index in [0.29, 0.717) is 34.6 Å². The number of imidazole rings is 1. The maximum absolute atomic E-state index is 13.7. The number of carboxylic acids is 1. The molecule has 174 valence electrons. The predicted octanol–water partition coefficient (Wildman–Crippen LogP) is 2.99. The lowest BCUT2D eigenvalue weighted by molar-refractivity contribution is -0.345. The van der Waals surface area contributed by atoms with Gasteiger partial charge in [0.05, 0.1) is 11.0 Å². The summed E-state index contributed by atoms with van der Waals surface area (Å²) in [5.74, 6) is -3.65. The molecule has 2 aliphatic rings. The molecule has 1 aromatic heterocycles. The zero-order chi connectivity index (χ0) is 24.3. The zero-order valence-corrected chi connectivity index (χ0v) is 19.3. The van der Waals surface area contributed by atoms with Gasteiger partial charge in [0.1, 0.15) is 17.9 Å². The number of hydrogen-bond acceptors (Lipinski definition) is 4. The van der Waals surface area contributed by atoms with Crippen molar-refractivity contribution in [3.05, 3.63) is 63.0 Å². The maximum atomic E-state index is 13.7. The molecule has 3 aromatic rings. The zero-order valence-electron chi connectivity index (χ0n) is 18.6. The number of halogens is 1. The van der Waals surface area contributed by atoms with Crippen molar-refractivity contribution in [3.63, 3.8) is 0 Å². The maximum Gasteiger partial charge on any atom is 0.506 e. The third kappa shape index (κ3) is 3.19. The van der Waals surface area contributed by atoms with Gasteiger partial charge in [0, 0.05) is 30.7 Å². The van der Waals surface area contributed by atoms with Gasteiger partial charge in [-0.2, -0.15) is 14.3 Å². The first-order valence-electron chi connectivity index (χ1n) is 10.9. The van der Waals surface area contributed by atoms with E-state index in [9.17, 15) is 24.3 Å². The van der Waals surface area contributed by atoms with E-state index in [1.165, 1.54) is 13.7 Å². The summed E-state index contributed by atoms with van der Waals surface area (Å²) in [7, 11) is 3.27. The number of benzene rings is 2. The van der Waals surface area contributed by atoms with Gasteiger partial charge in [0.15, 0.2) is 0 Å². The summed E-state index contributed by atoms with van der Waals surface area (Å²) in [6.07, 6.45) is 3.07. The molecule has 1 aliphatic carbocycles. The molecule has 0 fully saturated rings. The number of carbonyl (C=O) groups excluding carboxylic acids is 2. The van der Waals surface area contributed by atoms with Crippen LogP contribution in [0.4, 0.5) is 10.5 Å². The van der Waals surface area contributed by atoms with Crippen LogP contribution in [0.2, 0.25) is 5.02 Å². The number of carbonyl (C=O) groups is 3. The molecule has 2 atom stereocenters. The van der Waals surface area contributed by atoms with Crippen LogP contribution in [0.1, 0.15) is 30.0 Å². The molecule has 0 radical (unpaired) electrons. The second-order valence-electron chi connectivity index (χ2n) is 8.62. The molecule has 0 bridgehead atoms. The van der Waals surface area contributed by atoms with E-state index >= 15 is 0 Å². The van der Waals surface area contributed by atoms with Gasteiger partial charge >= 0.3 is 23.6 Å². The van der Waals surface area contributed by atoms with Crippen molar-refractivity contribution >= 4 is 52.4 Å². The van der Waals surface area contributed by atoms with Gasteiger partial charge in [-0.15, -0.1) is 0 Å². The Kier molecular flexibility index (Phi) is 5.16. The van der Waals surface area contributed by atoms with Gasteiger partial charge in [-0.1, -0.05) is 23.7 Å². The molecule has 1 aliphatic heterocycles. The highest BCUT2D eigenvalue weighted by Crippen LogP contribution is 2.39. The minimum absolute atomic E-state index is 0.225. The number of aromatic nitrogens is 2. The lowest BCUT2D eigenvalue weighted by Gasteiger charge is -2.32. The van der Waals surface area contributed by atoms with E-state index in [1.54, 1.807) is 44.4 Å². The fourth-order valence-electron chi connectivity index (χ4n) is 4.98. The quantitative estimate of drug-likeness (QED) is 0.457. The SMILES string of the molecule is Cn1c(=O)n(C)c2cc([N+]3=CC(C(=O)O)C(=O)N(C4CCCc5c(Cl)cccc54)C3=O)ccc21. The van der Waals surface area contributed by atoms with Crippen LogP contribution in [0.25, 0.3) is 11.0 Å². The van der Waals surface area contributed by atoms with Crippen molar-refractivity contribution in [1.82, 2.24) is 14.0 Å². The standard InChI is InChI=1S/C24H21ClN4O5/c1-26-19-10-9-13(11-20(19)27(2)23(26)33)28-12-16(22(31)32)21(30)29(24(28)34)18-8-4-5-14-15(18)6-3-7-17(14)25/h3,6-7,9-12,16,18H,4-5,8H2,1-2H3/p+1. The lowest BCUT2D eigenvalue weighted by atomic mass is 9.86. The molecule has 2 aromatic carbocycles. The van der Waals surface area contributed by atoms with Crippen molar-refractivity contribution in [3.8, 4) is 0 Å². The summed E-state index contributed by atoms with van der Waals surface area (Å²) < 4.78 is 4.12. The number of nitrogens with zero attached hydrogens (tertiary/aromatic N) is 4. The van der Waals surface area contributed by atoms with Crippen LogP contribution in [0.15, 0.2) is 41.2 Å². The number of hydrogen-bond donors (Lipinski definition) is 1. The van der Waals surface area contributed by atoms with E-state index < -0.39 is 29.9 Å². The van der Waals surface area contributed by atoms with Gasteiger partial charge in [-0.05, 0) is 43.0 Å². The number of urea groups is 1. The van der Waals surface area contributed by atoms with E-state index in [4.69, 9.17) is 11.6 Å². The first-order valence-corrected chi connectivity index (χ1v) is 11.2. The Balaban J connectivity index is 1.66. The Morgan fingerprint density at radius 2 is 1.82 bits per heavy atom. The van der Waals surface area contributed by atoms with Crippen LogP contribution < -0.4 is 5.69 Å². The predicted molar refractivity (Wildman–Crippen MR) is 125 cm³/mol. The molecule has 9 nitrogen and oxygen atoms in total. The molecule has 0 spiro atoms. The summed E-state index contributed by atoms with van der Waals surface area (Å²) in [5.41, 5.74) is 3.01. The molecule has 0 saturated heterocycles. The highest BCUT2D eigenvalue weighted by molar-refractivity contribution is 6.31. The summed E-state index contributed by atoms with van der Waals surface area (Å²) in [6, 6.07) is 9.07. The fourth-order valence-corrected chi connectivity index (χ4v) is 5.26. The first kappa shape index (κ1) is 22.1. The van der Waals surface area contributed by atoms with Gasteiger partial charge in [0.2, 0.25) is 5.92 Å². The van der Waals surface area contributed by atoms with Crippen molar-refractivity contribution in [2.24, 2.45) is 20.0 Å². The summed E-state index contributed by atoms with van der Waals surface area (Å²) >= 11 is 6.38. The number of imide groups is 1. The number of amides is 3. The molecule has 3 amide bonds. The Morgan fingerprint density at radius 3 is 2.56 bits per heavy atom. The molecule has 2 heterocycles. The van der Waals surface area contributed by atoms with Crippen molar-refractivity contribution < 1.29 is 24.1 Å². The van der Waals surface area contributed by atoms with E-state index in [2.05, 4.69) is 0 Å². The number of rotatable bonds is 3. The minimum Gasteiger partial charge on any atom is -0.480 e. The average molecular weight is 482 g/mol. The van der Waals surface area contributed by atoms with Crippen LogP contribution in [0.3, 0.4) is 0 Å². The molecule has 2 unspecified atom stereocenters. The number of aliphatic carboxylic acids is 1. The molecule has 0 saturated carbocycles. The van der Waals surface area contributed by atoms with Gasteiger partial charge in [-0.3, -0.25) is 13.9 Å². The number of aryl methyl sites for hydroxylation is 2. The van der Waals surface area contributed by atoms with Crippen LogP contribution in [-0.4, -0.2) is 47.8 Å². The van der Waals surface area contributed by atoms with Gasteiger partial charge in [0.25, 0.3) is 0 Å². The van der Waals surface area contributed by atoms with Crippen molar-refractivity contribution in [2.45, 2.75) is 25.3 Å². The number of carboxylic acid groups (broad SMARTS) is 1. The van der Waals surface area contributed by atoms with Crippen LogP contribution in [0.5, 0.6) is 0 Å². The summed E-state index contributed by atoms with van der Waals surface area (Å²) in [4.78, 5) is 52.3. The lowest BCUT2D eigenvalue weighted by Crippen LogP contribution is -2.53. The van der Waals surface area contributed by atoms with E-state index in [-0.39, 0.29) is 5.69 Å². The molecular weight excluding hydrogens is 460 g/mol. The van der Waals surface area contributed by atoms with Gasteiger partial charge < -0.3 is 5.11 Å². The van der Waals surface area contributed by atoms with Crippen molar-refractivity contribution in [2.75, 3.05) is 0 Å². The molecule has 10 heteroatoms. The van der Waals surface area contributed by atoms with Crippen LogP contribution >= 0.6 is 11.6 Å². The second kappa shape index (κ2) is 7.95. The smallest absolute Gasteiger partial charge is 0.480 e. The summed E-state index contributed by atoms with van der Waals surface area (Å²) in [5, 5.41) is 10.3. The fraction of sp³-hybridized carbons (Fsp3) is 0.292. The molecule has 34 heavy (non-hydrogen) atoms. The van der Waals surface area contributed by atoms with Crippen molar-refractivity contribution in [1.29, 1.82) is 0 Å². The monoisotopic (exact) mass is 481 g/mol. The third-order valence-electron chi connectivity index (χ3n) is 6.74. The van der Waals surface area contributed by atoms with E-state index in [1.807, 2.05) is 6.07 Å². The third-order valence-corrected chi connectivity index (χ3v) is 7.10. The molecule has 5 rings (SSSR count). The Hall–Kier alpha value is -3.72. The molecular formula is C24H22ClN4O5+. The number of fused-ring (bicyclic) bond motifs is 2. The van der Waals surface area contributed by atoms with Gasteiger partial charge in [-0.25, -0.2) is 9.59 Å². The van der Waals surface area contributed by atoms with E-state index in [0.717, 1.165) is 28.7 Å². The topological polar surface area (TPSA) is 105 Å². The molecule has 1 N–H and O–H groups in total. The summed E-state index contributed by atoms with van der Waals surface area (Å²) in [6.45, 7) is 0. The van der Waals surface area contributed by atoms with Crippen LogP contribution in [-0.2, 0) is 30.1 Å². The largest absolute Gasteiger partial charge is 0.506 e. The minimum atomic E-state index is -1.53.